The summed E-state index contributed by atoms with van der Waals surface area (Å²) in [7, 11) is 0. The van der Waals surface area contributed by atoms with E-state index in [0.29, 0.717) is 28.6 Å². The first kappa shape index (κ1) is 23.2. The number of aliphatic hydroxyl groups is 1. The van der Waals surface area contributed by atoms with Gasteiger partial charge in [-0.25, -0.2) is 9.18 Å². The summed E-state index contributed by atoms with van der Waals surface area (Å²) in [4.78, 5) is 35.3. The normalized spacial score (nSPS) is 11.4. The van der Waals surface area contributed by atoms with Gasteiger partial charge in [-0.1, -0.05) is 41.4 Å². The van der Waals surface area contributed by atoms with Crippen molar-refractivity contribution in [3.8, 4) is 0 Å². The van der Waals surface area contributed by atoms with Crippen LogP contribution in [0.15, 0.2) is 65.6 Å². The molecule has 2 aromatic carbocycles. The quantitative estimate of drug-likeness (QED) is 0.298. The van der Waals surface area contributed by atoms with Gasteiger partial charge in [-0.15, -0.1) is 0 Å². The molecule has 0 amide bonds. The van der Waals surface area contributed by atoms with Gasteiger partial charge < -0.3 is 14.8 Å². The highest BCUT2D eigenvalue weighted by molar-refractivity contribution is 6.38. The van der Waals surface area contributed by atoms with Crippen molar-refractivity contribution < 1.29 is 24.2 Å². The summed E-state index contributed by atoms with van der Waals surface area (Å²) in [6.07, 6.45) is 2.36. The topological polar surface area (TPSA) is 96.6 Å². The molecule has 0 spiro atoms. The minimum atomic E-state index is -1.77. The maximum atomic E-state index is 13.5. The van der Waals surface area contributed by atoms with E-state index in [2.05, 4.69) is 0 Å². The fourth-order valence-electron chi connectivity index (χ4n) is 3.08. The van der Waals surface area contributed by atoms with Crippen LogP contribution in [0.2, 0.25) is 10.0 Å². The van der Waals surface area contributed by atoms with Crippen LogP contribution in [0.3, 0.4) is 0 Å². The Morgan fingerprint density at radius 1 is 1.00 bits per heavy atom. The van der Waals surface area contributed by atoms with Crippen LogP contribution in [0, 0.1) is 5.82 Å². The summed E-state index contributed by atoms with van der Waals surface area (Å²) >= 11 is 11.9. The summed E-state index contributed by atoms with van der Waals surface area (Å²) in [5, 5.41) is 19.5. The van der Waals surface area contributed by atoms with Crippen LogP contribution in [0.5, 0.6) is 0 Å². The molecule has 0 fully saturated rings. The van der Waals surface area contributed by atoms with Crippen LogP contribution in [-0.4, -0.2) is 26.5 Å². The number of hydrogen-bond donors (Lipinski definition) is 2. The van der Waals surface area contributed by atoms with Gasteiger partial charge in [0.15, 0.2) is 0 Å². The molecule has 3 rings (SSSR count). The number of benzene rings is 2. The SMILES string of the molecule is O=C(O)C(=O)C=C(O)c1cc(Cc2cccc(Cl)c2)cn(Cc2ccc(F)c(Cl)c2)c1=O. The summed E-state index contributed by atoms with van der Waals surface area (Å²) in [5.74, 6) is -4.53. The molecule has 0 aliphatic carbocycles. The van der Waals surface area contributed by atoms with E-state index in [-0.39, 0.29) is 17.1 Å². The van der Waals surface area contributed by atoms with Crippen LogP contribution in [-0.2, 0) is 22.6 Å². The maximum Gasteiger partial charge on any atom is 0.376 e. The van der Waals surface area contributed by atoms with Gasteiger partial charge in [0.2, 0.25) is 0 Å². The van der Waals surface area contributed by atoms with E-state index < -0.39 is 28.9 Å². The van der Waals surface area contributed by atoms with Crippen molar-refractivity contribution in [3.63, 3.8) is 0 Å². The number of ketones is 1. The zero-order valence-corrected chi connectivity index (χ0v) is 17.9. The number of hydrogen-bond acceptors (Lipinski definition) is 4. The van der Waals surface area contributed by atoms with E-state index in [9.17, 15) is 23.9 Å². The second-order valence-electron chi connectivity index (χ2n) is 6.95. The molecular formula is C23H16Cl2FNO5. The predicted molar refractivity (Wildman–Crippen MR) is 119 cm³/mol. The summed E-state index contributed by atoms with van der Waals surface area (Å²) < 4.78 is 14.7. The number of pyridine rings is 1. The first-order chi connectivity index (χ1) is 15.1. The number of carboxylic acids is 1. The molecule has 6 nitrogen and oxygen atoms in total. The third kappa shape index (κ3) is 5.63. The van der Waals surface area contributed by atoms with Gasteiger partial charge in [-0.3, -0.25) is 9.59 Å². The molecule has 0 bridgehead atoms. The molecule has 0 saturated carbocycles. The number of carbonyl (C=O) groups is 2. The van der Waals surface area contributed by atoms with E-state index in [1.165, 1.54) is 28.8 Å². The molecule has 32 heavy (non-hydrogen) atoms. The first-order valence-corrected chi connectivity index (χ1v) is 9.99. The maximum absolute atomic E-state index is 13.5. The molecular weight excluding hydrogens is 460 g/mol. The first-order valence-electron chi connectivity index (χ1n) is 9.24. The van der Waals surface area contributed by atoms with Crippen LogP contribution < -0.4 is 5.56 Å². The average Bonchev–Trinajstić information content (AvgIpc) is 2.72. The lowest BCUT2D eigenvalue weighted by Gasteiger charge is -2.13. The van der Waals surface area contributed by atoms with Crippen molar-refractivity contribution in [1.29, 1.82) is 0 Å². The number of aliphatic hydroxyl groups excluding tert-OH is 1. The van der Waals surface area contributed by atoms with Gasteiger partial charge in [0, 0.05) is 17.3 Å². The van der Waals surface area contributed by atoms with Gasteiger partial charge in [-0.2, -0.15) is 0 Å². The number of aromatic nitrogens is 1. The molecule has 9 heteroatoms. The molecule has 1 aromatic heterocycles. The molecule has 164 valence electrons. The summed E-state index contributed by atoms with van der Waals surface area (Å²) in [6, 6.07) is 12.4. The largest absolute Gasteiger partial charge is 0.507 e. The van der Waals surface area contributed by atoms with Crippen molar-refractivity contribution in [1.82, 2.24) is 4.57 Å². The number of aliphatic carboxylic acids is 1. The highest BCUT2D eigenvalue weighted by Gasteiger charge is 2.16. The minimum absolute atomic E-state index is 0.00459. The fourth-order valence-corrected chi connectivity index (χ4v) is 3.49. The van der Waals surface area contributed by atoms with Crippen LogP contribution in [0.4, 0.5) is 4.39 Å². The van der Waals surface area contributed by atoms with Gasteiger partial charge in [-0.05, 0) is 53.4 Å². The highest BCUT2D eigenvalue weighted by atomic mass is 35.5. The Morgan fingerprint density at radius 2 is 1.75 bits per heavy atom. The van der Waals surface area contributed by atoms with Crippen LogP contribution in [0.25, 0.3) is 5.76 Å². The highest BCUT2D eigenvalue weighted by Crippen LogP contribution is 2.19. The molecule has 0 aliphatic rings. The molecule has 0 saturated heterocycles. The van der Waals surface area contributed by atoms with Crippen molar-refractivity contribution in [3.05, 3.63) is 109 Å². The van der Waals surface area contributed by atoms with Crippen molar-refractivity contribution in [2.24, 2.45) is 0 Å². The standard InChI is InChI=1S/C23H16Cl2FNO5/c24-16-3-1-2-13(7-16)6-15-8-17(20(28)10-21(29)23(31)32)22(30)27(12-15)11-14-4-5-19(26)18(25)9-14/h1-5,7-10,12,28H,6,11H2,(H,31,32). The van der Waals surface area contributed by atoms with Gasteiger partial charge in [0.25, 0.3) is 11.3 Å². The molecule has 3 aromatic rings. The molecule has 0 atom stereocenters. The van der Waals surface area contributed by atoms with E-state index in [1.807, 2.05) is 6.07 Å². The lowest BCUT2D eigenvalue weighted by atomic mass is 10.0. The van der Waals surface area contributed by atoms with Crippen molar-refractivity contribution >= 4 is 40.7 Å². The Balaban J connectivity index is 2.09. The van der Waals surface area contributed by atoms with E-state index in [1.54, 1.807) is 24.4 Å². The lowest BCUT2D eigenvalue weighted by molar-refractivity contribution is -0.146. The number of halogens is 3. The summed E-state index contributed by atoms with van der Waals surface area (Å²) in [6.45, 7) is -0.00459. The molecule has 0 radical (unpaired) electrons. The van der Waals surface area contributed by atoms with Crippen molar-refractivity contribution in [2.75, 3.05) is 0 Å². The second kappa shape index (κ2) is 9.80. The van der Waals surface area contributed by atoms with Crippen LogP contribution in [0.1, 0.15) is 22.3 Å². The second-order valence-corrected chi connectivity index (χ2v) is 7.79. The zero-order valence-electron chi connectivity index (χ0n) is 16.4. The average molecular weight is 476 g/mol. The number of rotatable bonds is 7. The lowest BCUT2D eigenvalue weighted by Crippen LogP contribution is -2.25. The molecule has 0 aliphatic heterocycles. The Morgan fingerprint density at radius 3 is 2.41 bits per heavy atom. The number of carboxylic acid groups (broad SMARTS) is 1. The third-order valence-electron chi connectivity index (χ3n) is 4.53. The predicted octanol–water partition coefficient (Wildman–Crippen LogP) is 4.49. The van der Waals surface area contributed by atoms with Gasteiger partial charge in [0.1, 0.15) is 11.6 Å². The number of nitrogens with zero attached hydrogens (tertiary/aromatic N) is 1. The van der Waals surface area contributed by atoms with Crippen molar-refractivity contribution in [2.45, 2.75) is 13.0 Å². The van der Waals surface area contributed by atoms with Gasteiger partial charge >= 0.3 is 5.97 Å². The van der Waals surface area contributed by atoms with E-state index in [4.69, 9.17) is 28.3 Å². The minimum Gasteiger partial charge on any atom is -0.507 e. The Labute approximate surface area is 191 Å². The molecule has 2 N–H and O–H groups in total. The number of carbonyl (C=O) groups excluding carboxylic acids is 1. The third-order valence-corrected chi connectivity index (χ3v) is 5.06. The fraction of sp³-hybridized carbons (Fsp3) is 0.0870. The van der Waals surface area contributed by atoms with E-state index in [0.717, 1.165) is 5.56 Å². The summed E-state index contributed by atoms with van der Waals surface area (Å²) in [5.41, 5.74) is 0.996. The zero-order chi connectivity index (χ0) is 23.4. The Kier molecular flexibility index (Phi) is 7.12. The Bertz CT molecular complexity index is 1300. The van der Waals surface area contributed by atoms with Crippen LogP contribution >= 0.6 is 23.2 Å². The van der Waals surface area contributed by atoms with E-state index >= 15 is 0 Å². The molecule has 0 unspecified atom stereocenters. The molecule has 1 heterocycles. The van der Waals surface area contributed by atoms with Gasteiger partial charge in [0.05, 0.1) is 17.1 Å². The Hall–Kier alpha value is -3.42. The monoisotopic (exact) mass is 475 g/mol. The smallest absolute Gasteiger partial charge is 0.376 e.